The third kappa shape index (κ3) is 3.10. The summed E-state index contributed by atoms with van der Waals surface area (Å²) in [5.41, 5.74) is -1.70. The van der Waals surface area contributed by atoms with Gasteiger partial charge in [-0.15, -0.1) is 0 Å². The molecule has 0 radical (unpaired) electrons. The summed E-state index contributed by atoms with van der Waals surface area (Å²) in [5, 5.41) is 19.5. The molecule has 8 nitrogen and oxygen atoms in total. The SMILES string of the molecule is N#Cc1ccc(/C=C/c2[nH]c(=O)[nH]c(=O)c2[N+](=O)[O-])cc1. The number of nitro groups is 1. The lowest BCUT2D eigenvalue weighted by atomic mass is 10.1. The largest absolute Gasteiger partial charge is 0.357 e. The highest BCUT2D eigenvalue weighted by Gasteiger charge is 2.18. The number of benzene rings is 1. The summed E-state index contributed by atoms with van der Waals surface area (Å²) in [7, 11) is 0. The van der Waals surface area contributed by atoms with E-state index in [1.807, 2.05) is 6.07 Å². The van der Waals surface area contributed by atoms with Crippen LogP contribution in [0, 0.1) is 21.4 Å². The molecule has 0 spiro atoms. The van der Waals surface area contributed by atoms with E-state index < -0.39 is 21.9 Å². The average molecular weight is 284 g/mol. The predicted molar refractivity (Wildman–Crippen MR) is 74.4 cm³/mol. The van der Waals surface area contributed by atoms with Crippen LogP contribution in [0.25, 0.3) is 12.2 Å². The van der Waals surface area contributed by atoms with E-state index in [9.17, 15) is 19.7 Å². The molecule has 0 aliphatic heterocycles. The molecule has 2 rings (SSSR count). The fraction of sp³-hybridized carbons (Fsp3) is 0. The minimum atomic E-state index is -1.07. The molecule has 2 aromatic rings. The molecule has 0 atom stereocenters. The first-order valence-electron chi connectivity index (χ1n) is 5.70. The summed E-state index contributed by atoms with van der Waals surface area (Å²) in [6.07, 6.45) is 2.75. The molecule has 1 aromatic heterocycles. The van der Waals surface area contributed by atoms with Crippen LogP contribution in [-0.2, 0) is 0 Å². The van der Waals surface area contributed by atoms with Gasteiger partial charge in [-0.3, -0.25) is 19.9 Å². The molecule has 1 heterocycles. The number of H-pyrrole nitrogens is 2. The number of nitriles is 1. The van der Waals surface area contributed by atoms with Crippen molar-refractivity contribution in [3.05, 3.63) is 72.0 Å². The normalized spacial score (nSPS) is 10.4. The molecule has 0 amide bonds. The Morgan fingerprint density at radius 1 is 1.14 bits per heavy atom. The first kappa shape index (κ1) is 14.0. The molecule has 21 heavy (non-hydrogen) atoms. The fourth-order valence-corrected chi connectivity index (χ4v) is 1.65. The Hall–Kier alpha value is -3.47. The molecular formula is C13H8N4O4. The van der Waals surface area contributed by atoms with E-state index in [-0.39, 0.29) is 5.69 Å². The van der Waals surface area contributed by atoms with Gasteiger partial charge in [0, 0.05) is 0 Å². The summed E-state index contributed by atoms with van der Waals surface area (Å²) in [6.45, 7) is 0. The van der Waals surface area contributed by atoms with Crippen molar-refractivity contribution in [3.8, 4) is 6.07 Å². The first-order chi connectivity index (χ1) is 10.0. The van der Waals surface area contributed by atoms with E-state index in [1.165, 1.54) is 12.2 Å². The Bertz CT molecular complexity index is 869. The topological polar surface area (TPSA) is 133 Å². The number of rotatable bonds is 3. The van der Waals surface area contributed by atoms with Crippen molar-refractivity contribution in [1.29, 1.82) is 5.26 Å². The molecule has 1 aromatic carbocycles. The minimum Gasteiger partial charge on any atom is -0.301 e. The van der Waals surface area contributed by atoms with Crippen LogP contribution in [0.3, 0.4) is 0 Å². The summed E-state index contributed by atoms with van der Waals surface area (Å²) in [6, 6.07) is 8.38. The molecule has 104 valence electrons. The van der Waals surface area contributed by atoms with E-state index in [2.05, 4.69) is 4.98 Å². The Labute approximate surface area is 117 Å². The Morgan fingerprint density at radius 2 is 1.81 bits per heavy atom. The Balaban J connectivity index is 2.45. The van der Waals surface area contributed by atoms with Crippen LogP contribution >= 0.6 is 0 Å². The summed E-state index contributed by atoms with van der Waals surface area (Å²) in [4.78, 5) is 36.6. The van der Waals surface area contributed by atoms with Crippen LogP contribution in [-0.4, -0.2) is 14.9 Å². The molecular weight excluding hydrogens is 276 g/mol. The highest BCUT2D eigenvalue weighted by molar-refractivity contribution is 5.71. The summed E-state index contributed by atoms with van der Waals surface area (Å²) >= 11 is 0. The third-order valence-electron chi connectivity index (χ3n) is 2.61. The van der Waals surface area contributed by atoms with Crippen LogP contribution in [0.15, 0.2) is 33.9 Å². The van der Waals surface area contributed by atoms with Crippen LogP contribution in [0.2, 0.25) is 0 Å². The summed E-state index contributed by atoms with van der Waals surface area (Å²) < 4.78 is 0. The zero-order valence-electron chi connectivity index (χ0n) is 10.5. The number of aromatic nitrogens is 2. The number of hydrogen-bond acceptors (Lipinski definition) is 5. The van der Waals surface area contributed by atoms with Crippen molar-refractivity contribution in [2.75, 3.05) is 0 Å². The molecule has 0 aliphatic carbocycles. The first-order valence-corrected chi connectivity index (χ1v) is 5.70. The van der Waals surface area contributed by atoms with Gasteiger partial charge in [-0.25, -0.2) is 4.79 Å². The summed E-state index contributed by atoms with van der Waals surface area (Å²) in [5.74, 6) is 0. The molecule has 0 saturated heterocycles. The lowest BCUT2D eigenvalue weighted by Gasteiger charge is -1.97. The second-order valence-corrected chi connectivity index (χ2v) is 3.99. The fourth-order valence-electron chi connectivity index (χ4n) is 1.65. The quantitative estimate of drug-likeness (QED) is 0.641. The van der Waals surface area contributed by atoms with Gasteiger partial charge >= 0.3 is 16.9 Å². The van der Waals surface area contributed by atoms with E-state index >= 15 is 0 Å². The maximum Gasteiger partial charge on any atom is 0.357 e. The second-order valence-electron chi connectivity index (χ2n) is 3.99. The monoisotopic (exact) mass is 284 g/mol. The Kier molecular flexibility index (Phi) is 3.76. The number of nitrogens with zero attached hydrogens (tertiary/aromatic N) is 2. The van der Waals surface area contributed by atoms with Gasteiger partial charge < -0.3 is 4.98 Å². The van der Waals surface area contributed by atoms with Gasteiger partial charge in [0.1, 0.15) is 5.69 Å². The van der Waals surface area contributed by atoms with E-state index in [1.54, 1.807) is 29.2 Å². The van der Waals surface area contributed by atoms with Gasteiger partial charge in [0.25, 0.3) is 0 Å². The maximum atomic E-state index is 11.4. The molecule has 2 N–H and O–H groups in total. The van der Waals surface area contributed by atoms with Crippen molar-refractivity contribution in [2.24, 2.45) is 0 Å². The van der Waals surface area contributed by atoms with Gasteiger partial charge in [0.15, 0.2) is 0 Å². The molecule has 0 aliphatic rings. The number of aromatic amines is 2. The van der Waals surface area contributed by atoms with Crippen molar-refractivity contribution < 1.29 is 4.92 Å². The highest BCUT2D eigenvalue weighted by atomic mass is 16.6. The average Bonchev–Trinajstić information content (AvgIpc) is 2.44. The smallest absolute Gasteiger partial charge is 0.301 e. The molecule has 0 bridgehead atoms. The zero-order chi connectivity index (χ0) is 15.4. The van der Waals surface area contributed by atoms with Crippen LogP contribution < -0.4 is 11.2 Å². The van der Waals surface area contributed by atoms with Gasteiger partial charge in [-0.05, 0) is 23.8 Å². The number of nitrogens with one attached hydrogen (secondary N) is 2. The van der Waals surface area contributed by atoms with Crippen LogP contribution in [0.5, 0.6) is 0 Å². The van der Waals surface area contributed by atoms with Gasteiger partial charge in [0.2, 0.25) is 0 Å². The lowest BCUT2D eigenvalue weighted by molar-refractivity contribution is -0.386. The Morgan fingerprint density at radius 3 is 2.38 bits per heavy atom. The van der Waals surface area contributed by atoms with Gasteiger partial charge in [-0.2, -0.15) is 5.26 Å². The molecule has 8 heteroatoms. The third-order valence-corrected chi connectivity index (χ3v) is 2.61. The van der Waals surface area contributed by atoms with E-state index in [4.69, 9.17) is 5.26 Å². The van der Waals surface area contributed by atoms with E-state index in [0.717, 1.165) is 0 Å². The standard InChI is InChI=1S/C13H8N4O4/c14-7-9-3-1-8(2-4-9)5-6-10-11(17(20)21)12(18)16-13(19)15-10/h1-6H,(H2,15,16,18,19)/b6-5+. The lowest BCUT2D eigenvalue weighted by Crippen LogP contribution is -2.25. The van der Waals surface area contributed by atoms with Crippen LogP contribution in [0.1, 0.15) is 16.8 Å². The maximum absolute atomic E-state index is 11.4. The second kappa shape index (κ2) is 5.66. The van der Waals surface area contributed by atoms with E-state index in [0.29, 0.717) is 11.1 Å². The van der Waals surface area contributed by atoms with Crippen molar-refractivity contribution in [2.45, 2.75) is 0 Å². The van der Waals surface area contributed by atoms with Crippen molar-refractivity contribution >= 4 is 17.8 Å². The van der Waals surface area contributed by atoms with Gasteiger partial charge in [0.05, 0.1) is 16.6 Å². The molecule has 0 fully saturated rings. The van der Waals surface area contributed by atoms with Crippen molar-refractivity contribution in [3.63, 3.8) is 0 Å². The molecule has 0 unspecified atom stereocenters. The minimum absolute atomic E-state index is 0.196. The van der Waals surface area contributed by atoms with Gasteiger partial charge in [-0.1, -0.05) is 18.2 Å². The van der Waals surface area contributed by atoms with Crippen LogP contribution in [0.4, 0.5) is 5.69 Å². The molecule has 0 saturated carbocycles. The number of hydrogen-bond donors (Lipinski definition) is 2. The zero-order valence-corrected chi connectivity index (χ0v) is 10.5. The highest BCUT2D eigenvalue weighted by Crippen LogP contribution is 2.13. The predicted octanol–water partition coefficient (Wildman–Crippen LogP) is 1.01. The van der Waals surface area contributed by atoms with Crippen molar-refractivity contribution in [1.82, 2.24) is 9.97 Å².